The summed E-state index contributed by atoms with van der Waals surface area (Å²) >= 11 is 0. The number of carbonyl (C=O) groups is 4. The molecule has 0 aromatic carbocycles. The van der Waals surface area contributed by atoms with Crippen molar-refractivity contribution < 1.29 is 38.1 Å². The number of Topliss-reactive ketones (excluding diaryl/α,β-unsaturated/α-hetero) is 1. The van der Waals surface area contributed by atoms with Crippen molar-refractivity contribution in [2.24, 2.45) is 34.5 Å². The smallest absolute Gasteiger partial charge is 0.302 e. The van der Waals surface area contributed by atoms with Gasteiger partial charge in [0.05, 0.1) is 5.41 Å². The molecule has 0 spiro atoms. The lowest BCUT2D eigenvalue weighted by atomic mass is 9.50. The third kappa shape index (κ3) is 5.02. The second-order valence-corrected chi connectivity index (χ2v) is 10.8. The van der Waals surface area contributed by atoms with Crippen LogP contribution in [0.2, 0.25) is 0 Å². The minimum absolute atomic E-state index is 0.000894. The van der Waals surface area contributed by atoms with Crippen LogP contribution in [0.5, 0.6) is 0 Å². The third-order valence-corrected chi connectivity index (χ3v) is 9.12. The number of hydrogen-bond acceptors (Lipinski definition) is 8. The van der Waals surface area contributed by atoms with Gasteiger partial charge in [0.15, 0.2) is 0 Å². The van der Waals surface area contributed by atoms with Gasteiger partial charge in [0.25, 0.3) is 6.47 Å². The summed E-state index contributed by atoms with van der Waals surface area (Å²) in [4.78, 5) is 47.9. The van der Waals surface area contributed by atoms with E-state index in [0.717, 1.165) is 25.7 Å². The molecule has 3 aliphatic rings. The standard InChI is InChI=1S/C26H40O8/c1-16(33-17(2)28)21-6-7-22-20(13-31-5)23(9-10-25(21,22)4)26(14-32-15-27)11-8-19(12-24(26)30)34-18(3)29/h15-16,19-23H,6-14H2,1-5H3/t16?,19-,20-,21+,22-,23?,25+,26-/m0/s1. The van der Waals surface area contributed by atoms with Crippen molar-refractivity contribution in [3.8, 4) is 0 Å². The van der Waals surface area contributed by atoms with Crippen molar-refractivity contribution in [3.05, 3.63) is 0 Å². The SMILES string of the molecule is COC[C@@H]1C([C@@]2(COC=O)CC[C@H](OC(C)=O)CC2=O)CC[C@]2(C)[C@@H](C(C)OC(C)=O)CC[C@@H]12. The molecule has 8 heteroatoms. The van der Waals surface area contributed by atoms with Gasteiger partial charge in [-0.25, -0.2) is 0 Å². The Hall–Kier alpha value is -1.96. The van der Waals surface area contributed by atoms with Gasteiger partial charge in [-0.2, -0.15) is 0 Å². The first-order valence-corrected chi connectivity index (χ1v) is 12.5. The second kappa shape index (κ2) is 10.8. The number of rotatable bonds is 9. The number of fused-ring (bicyclic) bond motifs is 1. The molecule has 8 atom stereocenters. The van der Waals surface area contributed by atoms with Gasteiger partial charge in [-0.1, -0.05) is 6.92 Å². The molecule has 3 aliphatic carbocycles. The molecule has 0 aromatic heterocycles. The summed E-state index contributed by atoms with van der Waals surface area (Å²) in [5.74, 6) is 0.0209. The van der Waals surface area contributed by atoms with Crippen LogP contribution in [0, 0.1) is 34.5 Å². The average Bonchev–Trinajstić information content (AvgIpc) is 3.11. The lowest BCUT2D eigenvalue weighted by Crippen LogP contribution is -2.56. The Labute approximate surface area is 202 Å². The maximum atomic E-state index is 13.6. The van der Waals surface area contributed by atoms with Crippen molar-refractivity contribution in [2.75, 3.05) is 20.3 Å². The number of methoxy groups -OCH3 is 1. The molecule has 2 unspecified atom stereocenters. The topological polar surface area (TPSA) is 105 Å². The Balaban J connectivity index is 1.90. The lowest BCUT2D eigenvalue weighted by Gasteiger charge is -2.55. The first-order chi connectivity index (χ1) is 16.1. The maximum Gasteiger partial charge on any atom is 0.302 e. The Kier molecular flexibility index (Phi) is 8.43. The molecule has 0 bridgehead atoms. The first kappa shape index (κ1) is 26.6. The van der Waals surface area contributed by atoms with Gasteiger partial charge in [-0.05, 0) is 68.6 Å². The molecule has 0 radical (unpaired) electrons. The van der Waals surface area contributed by atoms with E-state index < -0.39 is 11.5 Å². The van der Waals surface area contributed by atoms with Crippen LogP contribution in [0.25, 0.3) is 0 Å². The van der Waals surface area contributed by atoms with Crippen LogP contribution in [0.1, 0.15) is 72.6 Å². The third-order valence-electron chi connectivity index (χ3n) is 9.12. The van der Waals surface area contributed by atoms with Gasteiger partial charge < -0.3 is 18.9 Å². The maximum absolute atomic E-state index is 13.6. The van der Waals surface area contributed by atoms with E-state index >= 15 is 0 Å². The normalized spacial score (nSPS) is 38.5. The quantitative estimate of drug-likeness (QED) is 0.281. The Morgan fingerprint density at radius 2 is 1.82 bits per heavy atom. The molecular formula is C26H40O8. The van der Waals surface area contributed by atoms with Gasteiger partial charge in [0.2, 0.25) is 0 Å². The summed E-state index contributed by atoms with van der Waals surface area (Å²) in [6.07, 6.45) is 4.28. The highest BCUT2D eigenvalue weighted by Gasteiger charge is 2.61. The molecule has 0 aromatic rings. The monoisotopic (exact) mass is 480 g/mol. The Morgan fingerprint density at radius 3 is 2.41 bits per heavy atom. The summed E-state index contributed by atoms with van der Waals surface area (Å²) in [6, 6.07) is 0. The van der Waals surface area contributed by atoms with Gasteiger partial charge in [-0.3, -0.25) is 19.2 Å². The van der Waals surface area contributed by atoms with Crippen molar-refractivity contribution in [3.63, 3.8) is 0 Å². The van der Waals surface area contributed by atoms with Gasteiger partial charge in [0.1, 0.15) is 24.6 Å². The molecule has 0 amide bonds. The molecule has 3 rings (SSSR count). The zero-order valence-corrected chi connectivity index (χ0v) is 21.2. The van der Waals surface area contributed by atoms with Crippen molar-refractivity contribution in [1.29, 1.82) is 0 Å². The van der Waals surface area contributed by atoms with Crippen molar-refractivity contribution in [1.82, 2.24) is 0 Å². The predicted molar refractivity (Wildman–Crippen MR) is 123 cm³/mol. The number of carbonyl (C=O) groups excluding carboxylic acids is 4. The molecule has 3 fully saturated rings. The van der Waals surface area contributed by atoms with Crippen LogP contribution in [-0.4, -0.2) is 56.7 Å². The molecule has 0 saturated heterocycles. The van der Waals surface area contributed by atoms with E-state index in [0.29, 0.717) is 31.8 Å². The largest absolute Gasteiger partial charge is 0.467 e. The molecular weight excluding hydrogens is 440 g/mol. The van der Waals surface area contributed by atoms with Gasteiger partial charge in [0, 0.05) is 39.9 Å². The summed E-state index contributed by atoms with van der Waals surface area (Å²) in [5, 5.41) is 0. The number of ether oxygens (including phenoxy) is 4. The highest BCUT2D eigenvalue weighted by Crippen LogP contribution is 2.63. The van der Waals surface area contributed by atoms with Crippen molar-refractivity contribution >= 4 is 24.2 Å². The lowest BCUT2D eigenvalue weighted by molar-refractivity contribution is -0.169. The van der Waals surface area contributed by atoms with Crippen LogP contribution in [0.3, 0.4) is 0 Å². The summed E-state index contributed by atoms with van der Waals surface area (Å²) in [6.45, 7) is 8.05. The van der Waals surface area contributed by atoms with E-state index in [1.807, 2.05) is 6.92 Å². The first-order valence-electron chi connectivity index (χ1n) is 12.5. The molecule has 34 heavy (non-hydrogen) atoms. The average molecular weight is 481 g/mol. The van der Waals surface area contributed by atoms with E-state index in [1.165, 1.54) is 13.8 Å². The molecule has 8 nitrogen and oxygen atoms in total. The van der Waals surface area contributed by atoms with Crippen LogP contribution >= 0.6 is 0 Å². The van der Waals surface area contributed by atoms with Crippen LogP contribution in [-0.2, 0) is 38.1 Å². The highest BCUT2D eigenvalue weighted by atomic mass is 16.5. The molecule has 3 saturated carbocycles. The summed E-state index contributed by atoms with van der Waals surface area (Å²) in [7, 11) is 1.69. The zero-order chi connectivity index (χ0) is 25.1. The van der Waals surface area contributed by atoms with E-state index in [9.17, 15) is 19.2 Å². The fraction of sp³-hybridized carbons (Fsp3) is 0.846. The second-order valence-electron chi connectivity index (χ2n) is 10.8. The number of ketones is 1. The Morgan fingerprint density at radius 1 is 1.09 bits per heavy atom. The zero-order valence-electron chi connectivity index (χ0n) is 21.2. The highest BCUT2D eigenvalue weighted by molar-refractivity contribution is 5.87. The van der Waals surface area contributed by atoms with E-state index in [1.54, 1.807) is 7.11 Å². The number of hydrogen-bond donors (Lipinski definition) is 0. The van der Waals surface area contributed by atoms with Crippen molar-refractivity contribution in [2.45, 2.75) is 84.8 Å². The minimum Gasteiger partial charge on any atom is -0.467 e. The molecule has 0 heterocycles. The number of esters is 2. The van der Waals surface area contributed by atoms with Crippen LogP contribution in [0.15, 0.2) is 0 Å². The Bertz CT molecular complexity index is 781. The van der Waals surface area contributed by atoms with Crippen LogP contribution < -0.4 is 0 Å². The predicted octanol–water partition coefficient (Wildman–Crippen LogP) is 3.49. The molecule has 192 valence electrons. The summed E-state index contributed by atoms with van der Waals surface area (Å²) < 4.78 is 21.9. The van der Waals surface area contributed by atoms with E-state index in [4.69, 9.17) is 18.9 Å². The van der Waals surface area contributed by atoms with E-state index in [2.05, 4.69) is 6.92 Å². The fourth-order valence-corrected chi connectivity index (χ4v) is 7.79. The van der Waals surface area contributed by atoms with Gasteiger partial charge >= 0.3 is 11.9 Å². The molecule has 0 N–H and O–H groups in total. The summed E-state index contributed by atoms with van der Waals surface area (Å²) in [5.41, 5.74) is -0.832. The van der Waals surface area contributed by atoms with E-state index in [-0.39, 0.29) is 60.0 Å². The fourth-order valence-electron chi connectivity index (χ4n) is 7.79. The van der Waals surface area contributed by atoms with Gasteiger partial charge in [-0.15, -0.1) is 0 Å². The molecule has 0 aliphatic heterocycles. The van der Waals surface area contributed by atoms with Crippen LogP contribution in [0.4, 0.5) is 0 Å². The minimum atomic E-state index is -0.804.